The summed E-state index contributed by atoms with van der Waals surface area (Å²) in [6, 6.07) is 7.52. The third kappa shape index (κ3) is 2.95. The van der Waals surface area contributed by atoms with Gasteiger partial charge in [-0.2, -0.15) is 0 Å². The second kappa shape index (κ2) is 5.68. The molecular formula is C14H14N6O2. The van der Waals surface area contributed by atoms with Gasteiger partial charge in [0.05, 0.1) is 11.9 Å². The Hall–Kier alpha value is -3.16. The number of amides is 2. The summed E-state index contributed by atoms with van der Waals surface area (Å²) in [5.41, 5.74) is 1.68. The number of H-pyrrole nitrogens is 1. The van der Waals surface area contributed by atoms with Crippen LogP contribution >= 0.6 is 0 Å². The molecule has 2 aromatic heterocycles. The number of nitrogens with one attached hydrogen (secondary N) is 3. The summed E-state index contributed by atoms with van der Waals surface area (Å²) < 4.78 is 1.36. The number of carbonyl (C=O) groups excluding carboxylic acids is 2. The minimum Gasteiger partial charge on any atom is -0.361 e. The number of benzene rings is 1. The number of rotatable bonds is 4. The van der Waals surface area contributed by atoms with Crippen LogP contribution in [0.3, 0.4) is 0 Å². The number of nitrogens with zero attached hydrogens (tertiary/aromatic N) is 3. The van der Waals surface area contributed by atoms with Crippen molar-refractivity contribution in [1.82, 2.24) is 20.0 Å². The largest absolute Gasteiger partial charge is 0.361 e. The first-order chi connectivity index (χ1) is 10.6. The average Bonchev–Trinajstić information content (AvgIpc) is 3.07. The van der Waals surface area contributed by atoms with E-state index in [0.717, 1.165) is 16.6 Å². The van der Waals surface area contributed by atoms with E-state index >= 15 is 0 Å². The van der Waals surface area contributed by atoms with Gasteiger partial charge in [0.25, 0.3) is 0 Å². The average molecular weight is 298 g/mol. The first kappa shape index (κ1) is 13.8. The predicted octanol–water partition coefficient (Wildman–Crippen LogP) is 1.36. The van der Waals surface area contributed by atoms with Gasteiger partial charge in [-0.15, -0.1) is 5.10 Å². The second-order valence-corrected chi connectivity index (χ2v) is 4.78. The molecule has 3 rings (SSSR count). The van der Waals surface area contributed by atoms with Crippen molar-refractivity contribution in [3.8, 4) is 0 Å². The highest BCUT2D eigenvalue weighted by atomic mass is 16.2. The third-order valence-electron chi connectivity index (χ3n) is 3.02. The van der Waals surface area contributed by atoms with Crippen LogP contribution in [0.1, 0.15) is 6.92 Å². The lowest BCUT2D eigenvalue weighted by atomic mass is 10.2. The topological polar surface area (TPSA) is 105 Å². The highest BCUT2D eigenvalue weighted by Gasteiger charge is 2.09. The zero-order chi connectivity index (χ0) is 15.5. The quantitative estimate of drug-likeness (QED) is 0.676. The van der Waals surface area contributed by atoms with Crippen LogP contribution in [0.25, 0.3) is 10.9 Å². The summed E-state index contributed by atoms with van der Waals surface area (Å²) in [7, 11) is 0. The van der Waals surface area contributed by atoms with Crippen molar-refractivity contribution in [2.24, 2.45) is 0 Å². The van der Waals surface area contributed by atoms with Gasteiger partial charge < -0.3 is 15.6 Å². The number of aromatic amines is 1. The van der Waals surface area contributed by atoms with Crippen LogP contribution in [-0.4, -0.2) is 31.8 Å². The van der Waals surface area contributed by atoms with E-state index in [1.54, 1.807) is 0 Å². The van der Waals surface area contributed by atoms with Gasteiger partial charge >= 0.3 is 0 Å². The van der Waals surface area contributed by atoms with Gasteiger partial charge in [-0.25, -0.2) is 4.68 Å². The lowest BCUT2D eigenvalue weighted by Crippen LogP contribution is -2.19. The monoisotopic (exact) mass is 298 g/mol. The molecule has 0 atom stereocenters. The Bertz CT molecular complexity index is 835. The fraction of sp³-hybridized carbons (Fsp3) is 0.143. The van der Waals surface area contributed by atoms with Crippen LogP contribution in [-0.2, 0) is 16.1 Å². The summed E-state index contributed by atoms with van der Waals surface area (Å²) in [6.07, 6.45) is 3.31. The summed E-state index contributed by atoms with van der Waals surface area (Å²) >= 11 is 0. The Morgan fingerprint density at radius 1 is 1.27 bits per heavy atom. The van der Waals surface area contributed by atoms with Gasteiger partial charge in [0.2, 0.25) is 11.8 Å². The van der Waals surface area contributed by atoms with Gasteiger partial charge in [-0.05, 0) is 18.2 Å². The third-order valence-corrected chi connectivity index (χ3v) is 3.02. The molecule has 112 valence electrons. The number of hydrogen-bond acceptors (Lipinski definition) is 4. The van der Waals surface area contributed by atoms with E-state index in [-0.39, 0.29) is 18.4 Å². The molecule has 3 N–H and O–H groups in total. The van der Waals surface area contributed by atoms with Crippen LogP contribution in [0.5, 0.6) is 0 Å². The van der Waals surface area contributed by atoms with Crippen LogP contribution in [0.2, 0.25) is 0 Å². The van der Waals surface area contributed by atoms with Gasteiger partial charge in [0.15, 0.2) is 5.82 Å². The lowest BCUT2D eigenvalue weighted by Gasteiger charge is -2.06. The molecule has 22 heavy (non-hydrogen) atoms. The van der Waals surface area contributed by atoms with Gasteiger partial charge in [-0.3, -0.25) is 9.59 Å². The molecule has 0 aliphatic carbocycles. The molecule has 0 fully saturated rings. The minimum atomic E-state index is -0.240. The standard InChI is InChI=1S/C14H14N6O2/c1-9(21)16-13-7-20(19-18-13)8-14(22)17-12-4-2-3-11-10(12)5-6-15-11/h2-7,15H,8H2,1H3,(H,16,21)(H,17,22). The summed E-state index contributed by atoms with van der Waals surface area (Å²) in [5.74, 6) is -0.156. The van der Waals surface area contributed by atoms with E-state index in [4.69, 9.17) is 0 Å². The lowest BCUT2D eigenvalue weighted by molar-refractivity contribution is -0.117. The molecule has 0 aliphatic rings. The molecule has 2 heterocycles. The van der Waals surface area contributed by atoms with Crippen molar-refractivity contribution in [3.63, 3.8) is 0 Å². The van der Waals surface area contributed by atoms with Crippen molar-refractivity contribution >= 4 is 34.2 Å². The van der Waals surface area contributed by atoms with E-state index in [1.165, 1.54) is 17.8 Å². The SMILES string of the molecule is CC(=O)Nc1cn(CC(=O)Nc2cccc3[nH]ccc23)nn1. The molecule has 0 radical (unpaired) electrons. The minimum absolute atomic E-state index is 0.00734. The van der Waals surface area contributed by atoms with Crippen LogP contribution in [0.4, 0.5) is 11.5 Å². The fourth-order valence-corrected chi connectivity index (χ4v) is 2.14. The Morgan fingerprint density at radius 2 is 2.14 bits per heavy atom. The summed E-state index contributed by atoms with van der Waals surface area (Å²) in [5, 5.41) is 13.8. The predicted molar refractivity (Wildman–Crippen MR) is 81.3 cm³/mol. The summed E-state index contributed by atoms with van der Waals surface area (Å²) in [6.45, 7) is 1.39. The van der Waals surface area contributed by atoms with Crippen molar-refractivity contribution in [2.45, 2.75) is 13.5 Å². The van der Waals surface area contributed by atoms with Crippen LogP contribution in [0, 0.1) is 0 Å². The van der Waals surface area contributed by atoms with Gasteiger partial charge in [0, 0.05) is 24.0 Å². The molecule has 1 aromatic carbocycles. The molecule has 8 heteroatoms. The van der Waals surface area contributed by atoms with Crippen molar-refractivity contribution in [1.29, 1.82) is 0 Å². The summed E-state index contributed by atoms with van der Waals surface area (Å²) in [4.78, 5) is 26.1. The maximum atomic E-state index is 12.1. The Kier molecular flexibility index (Phi) is 3.57. The molecule has 8 nitrogen and oxygen atoms in total. The number of hydrogen-bond donors (Lipinski definition) is 3. The van der Waals surface area contributed by atoms with Crippen LogP contribution < -0.4 is 10.6 Å². The van der Waals surface area contributed by atoms with E-state index in [9.17, 15) is 9.59 Å². The van der Waals surface area contributed by atoms with E-state index in [0.29, 0.717) is 5.82 Å². The molecule has 2 amide bonds. The Labute approximate surface area is 125 Å². The number of aromatic nitrogens is 4. The number of anilines is 2. The van der Waals surface area contributed by atoms with Gasteiger partial charge in [0.1, 0.15) is 6.54 Å². The van der Waals surface area contributed by atoms with Crippen molar-refractivity contribution < 1.29 is 9.59 Å². The zero-order valence-corrected chi connectivity index (χ0v) is 11.8. The molecule has 0 saturated heterocycles. The molecule has 0 bridgehead atoms. The Morgan fingerprint density at radius 3 is 2.95 bits per heavy atom. The molecular weight excluding hydrogens is 284 g/mol. The first-order valence-corrected chi connectivity index (χ1v) is 6.65. The highest BCUT2D eigenvalue weighted by molar-refractivity contribution is 6.01. The van der Waals surface area contributed by atoms with Crippen LogP contribution in [0.15, 0.2) is 36.7 Å². The van der Waals surface area contributed by atoms with Crippen molar-refractivity contribution in [3.05, 3.63) is 36.7 Å². The maximum absolute atomic E-state index is 12.1. The molecule has 0 aliphatic heterocycles. The van der Waals surface area contributed by atoms with E-state index in [2.05, 4.69) is 25.9 Å². The molecule has 0 spiro atoms. The maximum Gasteiger partial charge on any atom is 0.246 e. The number of carbonyl (C=O) groups is 2. The van der Waals surface area contributed by atoms with E-state index < -0.39 is 0 Å². The molecule has 3 aromatic rings. The fourth-order valence-electron chi connectivity index (χ4n) is 2.14. The molecule has 0 unspecified atom stereocenters. The normalized spacial score (nSPS) is 10.6. The molecule has 0 saturated carbocycles. The van der Waals surface area contributed by atoms with Gasteiger partial charge in [-0.1, -0.05) is 11.3 Å². The number of fused-ring (bicyclic) bond motifs is 1. The second-order valence-electron chi connectivity index (χ2n) is 4.78. The highest BCUT2D eigenvalue weighted by Crippen LogP contribution is 2.22. The first-order valence-electron chi connectivity index (χ1n) is 6.65. The zero-order valence-electron chi connectivity index (χ0n) is 11.8. The van der Waals surface area contributed by atoms with Crippen molar-refractivity contribution in [2.75, 3.05) is 10.6 Å². The smallest absolute Gasteiger partial charge is 0.246 e. The van der Waals surface area contributed by atoms with E-state index in [1.807, 2.05) is 30.5 Å². The Balaban J connectivity index is 1.68.